The number of aromatic hydroxyl groups is 1. The van der Waals surface area contributed by atoms with Gasteiger partial charge in [-0.05, 0) is 34.9 Å². The van der Waals surface area contributed by atoms with E-state index in [2.05, 4.69) is 0 Å². The molecule has 0 aliphatic heterocycles. The van der Waals surface area contributed by atoms with Gasteiger partial charge in [0.1, 0.15) is 5.75 Å². The van der Waals surface area contributed by atoms with Crippen LogP contribution < -0.4 is 0 Å². The van der Waals surface area contributed by atoms with Crippen LogP contribution in [0.2, 0.25) is 0 Å². The van der Waals surface area contributed by atoms with Crippen LogP contribution in [0.25, 0.3) is 11.6 Å². The Balaban J connectivity index is 2.01. The molecular weight excluding hydrogens is 240 g/mol. The van der Waals surface area contributed by atoms with Gasteiger partial charge in [0.2, 0.25) is 0 Å². The van der Waals surface area contributed by atoms with E-state index in [1.807, 2.05) is 12.1 Å². The number of carbonyl (C=O) groups is 1. The van der Waals surface area contributed by atoms with Gasteiger partial charge in [0.05, 0.1) is 12.2 Å². The Kier molecular flexibility index (Phi) is 2.69. The second kappa shape index (κ2) is 4.37. The first-order chi connectivity index (χ1) is 9.20. The fourth-order valence-electron chi connectivity index (χ4n) is 2.25. The minimum Gasteiger partial charge on any atom is -0.507 e. The van der Waals surface area contributed by atoms with E-state index in [4.69, 9.17) is 5.11 Å². The highest BCUT2D eigenvalue weighted by Gasteiger charge is 2.21. The van der Waals surface area contributed by atoms with E-state index in [1.165, 1.54) is 6.07 Å². The van der Waals surface area contributed by atoms with E-state index in [0.29, 0.717) is 5.56 Å². The number of rotatable bonds is 3. The van der Waals surface area contributed by atoms with E-state index in [0.717, 1.165) is 16.7 Å². The molecule has 0 spiro atoms. The van der Waals surface area contributed by atoms with Crippen LogP contribution in [0.4, 0.5) is 0 Å². The van der Waals surface area contributed by atoms with Crippen LogP contribution in [0.3, 0.4) is 0 Å². The molecule has 1 aliphatic carbocycles. The number of carbonyl (C=O) groups excluding carboxylic acids is 1. The Morgan fingerprint density at radius 3 is 2.53 bits per heavy atom. The number of hydrogen-bond donors (Lipinski definition) is 2. The van der Waals surface area contributed by atoms with Crippen molar-refractivity contribution >= 4 is 17.4 Å². The highest BCUT2D eigenvalue weighted by atomic mass is 16.3. The van der Waals surface area contributed by atoms with Gasteiger partial charge in [0, 0.05) is 5.56 Å². The van der Waals surface area contributed by atoms with Crippen molar-refractivity contribution < 1.29 is 15.0 Å². The molecule has 0 atom stereocenters. The third-order valence-corrected chi connectivity index (χ3v) is 3.29. The van der Waals surface area contributed by atoms with Crippen molar-refractivity contribution in [2.45, 2.75) is 0 Å². The molecule has 2 aromatic rings. The van der Waals surface area contributed by atoms with Crippen LogP contribution in [0.5, 0.6) is 5.75 Å². The second-order valence-corrected chi connectivity index (χ2v) is 4.48. The van der Waals surface area contributed by atoms with Gasteiger partial charge < -0.3 is 10.2 Å². The number of phenolic OH excluding ortho intramolecular Hbond substituents is 1. The third-order valence-electron chi connectivity index (χ3n) is 3.29. The summed E-state index contributed by atoms with van der Waals surface area (Å²) in [6.07, 6.45) is 1.82. The van der Waals surface area contributed by atoms with Crippen molar-refractivity contribution in [1.82, 2.24) is 0 Å². The van der Waals surface area contributed by atoms with Gasteiger partial charge in [-0.25, -0.2) is 0 Å². The Labute approximate surface area is 110 Å². The van der Waals surface area contributed by atoms with Gasteiger partial charge in [-0.1, -0.05) is 30.3 Å². The molecule has 3 heteroatoms. The molecule has 0 saturated heterocycles. The number of phenols is 1. The van der Waals surface area contributed by atoms with E-state index >= 15 is 0 Å². The lowest BCUT2D eigenvalue weighted by atomic mass is 9.86. The van der Waals surface area contributed by atoms with Crippen molar-refractivity contribution in [3.8, 4) is 5.75 Å². The predicted molar refractivity (Wildman–Crippen MR) is 72.9 cm³/mol. The fourth-order valence-corrected chi connectivity index (χ4v) is 2.25. The standard InChI is InChI=1S/C16H12O3/c17-9-12-6-11-7-14(15(18)8-13(11)12)16(19)10-4-2-1-3-5-10/h1-8,17-18H,9H2. The first kappa shape index (κ1) is 11.7. The lowest BCUT2D eigenvalue weighted by molar-refractivity contribution is 0.103. The van der Waals surface area contributed by atoms with Crippen molar-refractivity contribution in [3.63, 3.8) is 0 Å². The molecule has 3 rings (SSSR count). The minimum atomic E-state index is -0.202. The summed E-state index contributed by atoms with van der Waals surface area (Å²) in [6.45, 7) is -0.0571. The highest BCUT2D eigenvalue weighted by molar-refractivity contribution is 6.12. The molecule has 3 nitrogen and oxygen atoms in total. The molecule has 2 N–H and O–H groups in total. The van der Waals surface area contributed by atoms with Crippen molar-refractivity contribution in [1.29, 1.82) is 0 Å². The summed E-state index contributed by atoms with van der Waals surface area (Å²) in [6, 6.07) is 12.1. The number of benzene rings is 2. The summed E-state index contributed by atoms with van der Waals surface area (Å²) in [5, 5.41) is 19.0. The lowest BCUT2D eigenvalue weighted by Crippen LogP contribution is -2.07. The van der Waals surface area contributed by atoms with E-state index in [1.54, 1.807) is 30.3 Å². The molecule has 0 radical (unpaired) electrons. The summed E-state index contributed by atoms with van der Waals surface area (Å²) in [4.78, 5) is 12.3. The first-order valence-corrected chi connectivity index (χ1v) is 5.99. The molecule has 0 unspecified atom stereocenters. The molecule has 2 aromatic carbocycles. The molecule has 1 aliphatic rings. The van der Waals surface area contributed by atoms with Crippen molar-refractivity contribution in [2.75, 3.05) is 6.61 Å². The number of ketones is 1. The van der Waals surface area contributed by atoms with Crippen molar-refractivity contribution in [3.05, 3.63) is 64.7 Å². The van der Waals surface area contributed by atoms with Crippen molar-refractivity contribution in [2.24, 2.45) is 0 Å². The average molecular weight is 252 g/mol. The topological polar surface area (TPSA) is 57.5 Å². The normalized spacial score (nSPS) is 12.4. The van der Waals surface area contributed by atoms with Crippen LogP contribution in [-0.2, 0) is 0 Å². The van der Waals surface area contributed by atoms with E-state index in [9.17, 15) is 9.90 Å². The molecule has 0 aromatic heterocycles. The zero-order chi connectivity index (χ0) is 13.4. The average Bonchev–Trinajstić information content (AvgIpc) is 2.43. The third kappa shape index (κ3) is 1.84. The van der Waals surface area contributed by atoms with Gasteiger partial charge in [-0.3, -0.25) is 4.79 Å². The van der Waals surface area contributed by atoms with Crippen LogP contribution in [0, 0.1) is 0 Å². The maximum atomic E-state index is 12.3. The molecule has 0 heterocycles. The smallest absolute Gasteiger partial charge is 0.196 e. The first-order valence-electron chi connectivity index (χ1n) is 5.99. The Morgan fingerprint density at radius 1 is 1.11 bits per heavy atom. The quantitative estimate of drug-likeness (QED) is 0.825. The molecule has 0 amide bonds. The van der Waals surface area contributed by atoms with Gasteiger partial charge in [0.25, 0.3) is 0 Å². The zero-order valence-corrected chi connectivity index (χ0v) is 10.1. The largest absolute Gasteiger partial charge is 0.507 e. The lowest BCUT2D eigenvalue weighted by Gasteiger charge is -2.20. The van der Waals surface area contributed by atoms with E-state index in [-0.39, 0.29) is 23.7 Å². The molecular formula is C16H12O3. The number of aliphatic hydroxyl groups excluding tert-OH is 1. The summed E-state index contributed by atoms with van der Waals surface area (Å²) in [7, 11) is 0. The van der Waals surface area contributed by atoms with Gasteiger partial charge in [-0.15, -0.1) is 0 Å². The van der Waals surface area contributed by atoms with Crippen LogP contribution in [0.1, 0.15) is 27.0 Å². The Bertz CT molecular complexity index is 685. The monoisotopic (exact) mass is 252 g/mol. The molecule has 0 fully saturated rings. The van der Waals surface area contributed by atoms with Gasteiger partial charge in [0.15, 0.2) is 5.78 Å². The summed E-state index contributed by atoms with van der Waals surface area (Å²) < 4.78 is 0. The summed E-state index contributed by atoms with van der Waals surface area (Å²) in [5.41, 5.74) is 3.30. The predicted octanol–water partition coefficient (Wildman–Crippen LogP) is 2.47. The molecule has 94 valence electrons. The maximum Gasteiger partial charge on any atom is 0.196 e. The minimum absolute atomic E-state index is 0.0494. The number of hydrogen-bond acceptors (Lipinski definition) is 3. The number of aliphatic hydroxyl groups is 1. The van der Waals surface area contributed by atoms with Gasteiger partial charge in [-0.2, -0.15) is 0 Å². The van der Waals surface area contributed by atoms with Gasteiger partial charge >= 0.3 is 0 Å². The van der Waals surface area contributed by atoms with Crippen LogP contribution in [0.15, 0.2) is 42.5 Å². The Morgan fingerprint density at radius 2 is 1.84 bits per heavy atom. The van der Waals surface area contributed by atoms with Crippen LogP contribution in [-0.4, -0.2) is 22.6 Å². The fraction of sp³-hybridized carbons (Fsp3) is 0.0625. The SMILES string of the molecule is O=C(c1ccccc1)c1cc2c(cc1O)C(CO)=C2. The van der Waals surface area contributed by atoms with E-state index < -0.39 is 0 Å². The highest BCUT2D eigenvalue weighted by Crippen LogP contribution is 2.37. The summed E-state index contributed by atoms with van der Waals surface area (Å²) >= 11 is 0. The maximum absolute atomic E-state index is 12.3. The molecule has 19 heavy (non-hydrogen) atoms. The van der Waals surface area contributed by atoms with Crippen LogP contribution >= 0.6 is 0 Å². The second-order valence-electron chi connectivity index (χ2n) is 4.48. The Hall–Kier alpha value is -2.39. The summed E-state index contributed by atoms with van der Waals surface area (Å²) in [5.74, 6) is -0.251. The zero-order valence-electron chi connectivity index (χ0n) is 10.1. The molecule has 0 bridgehead atoms. The molecule has 0 saturated carbocycles. The number of fused-ring (bicyclic) bond motifs is 1.